The third kappa shape index (κ3) is 0.546. The van der Waals surface area contributed by atoms with E-state index in [9.17, 15) is 4.57 Å². The van der Waals surface area contributed by atoms with Crippen molar-refractivity contribution < 1.29 is 13.6 Å². The van der Waals surface area contributed by atoms with Crippen LogP contribution in [0.25, 0.3) is 0 Å². The molecular formula is C2H3O3P. The van der Waals surface area contributed by atoms with Gasteiger partial charge in [0.15, 0.2) is 0 Å². The zero-order valence-electron chi connectivity index (χ0n) is 2.88. The SMILES string of the molecule is O=[PH]1OC=CO1. The first-order valence-corrected chi connectivity index (χ1v) is 2.64. The van der Waals surface area contributed by atoms with E-state index < -0.39 is 8.25 Å². The van der Waals surface area contributed by atoms with E-state index >= 15 is 0 Å². The number of rotatable bonds is 0. The second-order valence-corrected chi connectivity index (χ2v) is 1.73. The van der Waals surface area contributed by atoms with Crippen LogP contribution in [-0.4, -0.2) is 0 Å². The highest BCUT2D eigenvalue weighted by Gasteiger charge is 1.97. The van der Waals surface area contributed by atoms with Gasteiger partial charge in [-0.3, -0.25) is 0 Å². The Balaban J connectivity index is 2.52. The topological polar surface area (TPSA) is 35.5 Å². The second-order valence-electron chi connectivity index (χ2n) is 0.758. The highest BCUT2D eigenvalue weighted by Crippen LogP contribution is 2.29. The lowest BCUT2D eigenvalue weighted by Crippen LogP contribution is -1.49. The summed E-state index contributed by atoms with van der Waals surface area (Å²) in [6, 6.07) is 0. The van der Waals surface area contributed by atoms with Gasteiger partial charge in [0.25, 0.3) is 0 Å². The molecule has 0 N–H and O–H groups in total. The maximum absolute atomic E-state index is 9.92. The normalized spacial score (nSPS) is 20.0. The van der Waals surface area contributed by atoms with Crippen LogP contribution in [0.4, 0.5) is 0 Å². The monoisotopic (exact) mass is 106 g/mol. The molecule has 0 bridgehead atoms. The Morgan fingerprint density at radius 2 is 1.83 bits per heavy atom. The first-order chi connectivity index (χ1) is 2.89. The summed E-state index contributed by atoms with van der Waals surface area (Å²) in [6.07, 6.45) is 2.53. The minimum absolute atomic E-state index is 1.27. The van der Waals surface area contributed by atoms with Crippen LogP contribution in [0.1, 0.15) is 0 Å². The molecule has 0 saturated heterocycles. The van der Waals surface area contributed by atoms with Gasteiger partial charge in [0, 0.05) is 0 Å². The van der Waals surface area contributed by atoms with Crippen LogP contribution >= 0.6 is 8.25 Å². The summed E-state index contributed by atoms with van der Waals surface area (Å²) in [5.41, 5.74) is 0. The van der Waals surface area contributed by atoms with Gasteiger partial charge in [-0.1, -0.05) is 0 Å². The van der Waals surface area contributed by atoms with Gasteiger partial charge in [-0.05, 0) is 0 Å². The van der Waals surface area contributed by atoms with Crippen molar-refractivity contribution in [3.63, 3.8) is 0 Å². The van der Waals surface area contributed by atoms with Gasteiger partial charge in [-0.25, -0.2) is 4.57 Å². The van der Waals surface area contributed by atoms with Crippen LogP contribution in [0.15, 0.2) is 12.5 Å². The van der Waals surface area contributed by atoms with Crippen LogP contribution in [0.2, 0.25) is 0 Å². The fourth-order valence-corrected chi connectivity index (χ4v) is 0.583. The lowest BCUT2D eigenvalue weighted by atomic mass is 11.1. The Hall–Kier alpha value is -0.430. The highest BCUT2D eigenvalue weighted by molar-refractivity contribution is 7.33. The third-order valence-corrected chi connectivity index (χ3v) is 1.04. The Kier molecular flexibility index (Phi) is 0.843. The first kappa shape index (κ1) is 3.75. The van der Waals surface area contributed by atoms with Gasteiger partial charge >= 0.3 is 8.25 Å². The summed E-state index contributed by atoms with van der Waals surface area (Å²) in [5.74, 6) is 0. The van der Waals surface area contributed by atoms with Crippen molar-refractivity contribution in [1.29, 1.82) is 0 Å². The molecule has 6 heavy (non-hydrogen) atoms. The molecule has 0 saturated carbocycles. The van der Waals surface area contributed by atoms with Crippen molar-refractivity contribution in [2.45, 2.75) is 0 Å². The second kappa shape index (κ2) is 1.35. The predicted molar refractivity (Wildman–Crippen MR) is 20.3 cm³/mol. The zero-order chi connectivity index (χ0) is 4.41. The van der Waals surface area contributed by atoms with Crippen molar-refractivity contribution in [2.75, 3.05) is 0 Å². The summed E-state index contributed by atoms with van der Waals surface area (Å²) in [6.45, 7) is 0. The molecule has 1 aliphatic rings. The molecule has 0 aromatic carbocycles. The fraction of sp³-hybridized carbons (Fsp3) is 0. The Morgan fingerprint density at radius 3 is 2.00 bits per heavy atom. The third-order valence-electron chi connectivity index (χ3n) is 0.384. The smallest absolute Gasteiger partial charge is 0.418 e. The van der Waals surface area contributed by atoms with Crippen molar-refractivity contribution in [3.05, 3.63) is 12.5 Å². The molecule has 1 aliphatic heterocycles. The Labute approximate surface area is 35.5 Å². The van der Waals surface area contributed by atoms with E-state index in [0.29, 0.717) is 0 Å². The molecule has 0 unspecified atom stereocenters. The van der Waals surface area contributed by atoms with E-state index in [1.54, 1.807) is 0 Å². The Bertz CT molecular complexity index is 87.0. The molecule has 3 nitrogen and oxygen atoms in total. The molecule has 0 amide bonds. The molecule has 34 valence electrons. The first-order valence-electron chi connectivity index (χ1n) is 1.42. The van der Waals surface area contributed by atoms with Crippen molar-refractivity contribution >= 4 is 8.25 Å². The molecule has 0 fully saturated rings. The molecule has 0 aliphatic carbocycles. The van der Waals surface area contributed by atoms with Gasteiger partial charge in [-0.15, -0.1) is 0 Å². The van der Waals surface area contributed by atoms with Crippen LogP contribution < -0.4 is 0 Å². The van der Waals surface area contributed by atoms with Crippen LogP contribution in [-0.2, 0) is 13.6 Å². The maximum Gasteiger partial charge on any atom is 0.418 e. The van der Waals surface area contributed by atoms with E-state index in [-0.39, 0.29) is 0 Å². The number of hydrogen-bond acceptors (Lipinski definition) is 3. The highest BCUT2D eigenvalue weighted by atomic mass is 31.1. The fourth-order valence-electron chi connectivity index (χ4n) is 0.194. The quantitative estimate of drug-likeness (QED) is 0.430. The molecule has 1 heterocycles. The average Bonchev–Trinajstić information content (AvgIpc) is 1.86. The summed E-state index contributed by atoms with van der Waals surface area (Å²) < 4.78 is 18.5. The molecule has 0 atom stereocenters. The molecule has 0 radical (unpaired) electrons. The summed E-state index contributed by atoms with van der Waals surface area (Å²) >= 11 is 0. The summed E-state index contributed by atoms with van der Waals surface area (Å²) in [7, 11) is -2.12. The molecular weight excluding hydrogens is 103 g/mol. The summed E-state index contributed by atoms with van der Waals surface area (Å²) in [5, 5.41) is 0. The lowest BCUT2D eigenvalue weighted by molar-refractivity contribution is 0.404. The maximum atomic E-state index is 9.92. The van der Waals surface area contributed by atoms with E-state index in [4.69, 9.17) is 0 Å². The van der Waals surface area contributed by atoms with Gasteiger partial charge in [0.1, 0.15) is 12.5 Å². The average molecular weight is 106 g/mol. The van der Waals surface area contributed by atoms with E-state index in [1.165, 1.54) is 12.5 Å². The van der Waals surface area contributed by atoms with Crippen LogP contribution in [0, 0.1) is 0 Å². The summed E-state index contributed by atoms with van der Waals surface area (Å²) in [4.78, 5) is 0. The molecule has 0 spiro atoms. The minimum Gasteiger partial charge on any atom is -0.423 e. The van der Waals surface area contributed by atoms with E-state index in [2.05, 4.69) is 9.05 Å². The van der Waals surface area contributed by atoms with E-state index in [0.717, 1.165) is 0 Å². The van der Waals surface area contributed by atoms with Gasteiger partial charge in [0.2, 0.25) is 0 Å². The van der Waals surface area contributed by atoms with Crippen molar-refractivity contribution in [2.24, 2.45) is 0 Å². The van der Waals surface area contributed by atoms with E-state index in [1.807, 2.05) is 0 Å². The lowest BCUT2D eigenvalue weighted by Gasteiger charge is -1.83. The van der Waals surface area contributed by atoms with Crippen LogP contribution in [0.3, 0.4) is 0 Å². The zero-order valence-corrected chi connectivity index (χ0v) is 3.88. The molecule has 1 rings (SSSR count). The molecule has 0 aromatic heterocycles. The van der Waals surface area contributed by atoms with Crippen LogP contribution in [0.5, 0.6) is 0 Å². The van der Waals surface area contributed by atoms with Crippen molar-refractivity contribution in [1.82, 2.24) is 0 Å². The molecule has 0 aromatic rings. The van der Waals surface area contributed by atoms with Gasteiger partial charge in [-0.2, -0.15) is 0 Å². The van der Waals surface area contributed by atoms with Gasteiger partial charge < -0.3 is 9.05 Å². The van der Waals surface area contributed by atoms with Crippen molar-refractivity contribution in [3.8, 4) is 0 Å². The number of hydrogen-bond donors (Lipinski definition) is 0. The predicted octanol–water partition coefficient (Wildman–Crippen LogP) is 0.894. The minimum atomic E-state index is -2.12. The Morgan fingerprint density at radius 1 is 1.33 bits per heavy atom. The van der Waals surface area contributed by atoms with Gasteiger partial charge in [0.05, 0.1) is 0 Å². The molecule has 4 heteroatoms. The standard InChI is InChI=1S/C2H3O3P/c3-6-4-1-2-5-6/h1-2,6H. The largest absolute Gasteiger partial charge is 0.423 e.